The second-order valence-corrected chi connectivity index (χ2v) is 11.2. The van der Waals surface area contributed by atoms with E-state index in [0.717, 1.165) is 18.1 Å². The molecule has 0 amide bonds. The summed E-state index contributed by atoms with van der Waals surface area (Å²) in [6, 6.07) is 9.70. The Morgan fingerprint density at radius 2 is 1.85 bits per heavy atom. The SMILES string of the molecule is CC(=O)C1=C(O)[C@@]2(O)C(=O)C3=C(O)c4c(O)cc(-c5ccccc5CNCCF)cc4C[C@H]3C[C@H]2[C@H](N(C)C)C1=O. The van der Waals surface area contributed by atoms with Crippen LogP contribution in [0.15, 0.2) is 53.3 Å². The van der Waals surface area contributed by atoms with Crippen LogP contribution in [0.25, 0.3) is 16.9 Å². The third-order valence-corrected chi connectivity index (χ3v) is 8.55. The molecule has 2 aromatic carbocycles. The molecule has 0 aromatic heterocycles. The fraction of sp³-hybridized carbons (Fsp3) is 0.387. The molecule has 5 rings (SSSR count). The Balaban J connectivity index is 1.63. The van der Waals surface area contributed by atoms with Crippen molar-refractivity contribution in [3.05, 3.63) is 70.0 Å². The number of hydrogen-bond acceptors (Lipinski definition) is 9. The van der Waals surface area contributed by atoms with Gasteiger partial charge < -0.3 is 25.7 Å². The lowest BCUT2D eigenvalue weighted by Crippen LogP contribution is -2.65. The fourth-order valence-corrected chi connectivity index (χ4v) is 6.77. The molecule has 0 heterocycles. The smallest absolute Gasteiger partial charge is 0.202 e. The highest BCUT2D eigenvalue weighted by atomic mass is 19.1. The number of phenolic OH excluding ortho intramolecular Hbond substituents is 1. The molecule has 0 unspecified atom stereocenters. The van der Waals surface area contributed by atoms with Gasteiger partial charge in [0.05, 0.1) is 11.6 Å². The zero-order chi connectivity index (χ0) is 29.8. The number of ketones is 3. The van der Waals surface area contributed by atoms with E-state index in [1.54, 1.807) is 14.1 Å². The highest BCUT2D eigenvalue weighted by molar-refractivity contribution is 6.25. The van der Waals surface area contributed by atoms with Crippen LogP contribution in [0.1, 0.15) is 30.0 Å². The van der Waals surface area contributed by atoms with E-state index in [0.29, 0.717) is 17.7 Å². The van der Waals surface area contributed by atoms with Gasteiger partial charge in [0.15, 0.2) is 17.2 Å². The van der Waals surface area contributed by atoms with Crippen molar-refractivity contribution in [2.24, 2.45) is 11.8 Å². The molecular formula is C31H33FN2O7. The first kappa shape index (κ1) is 28.7. The Labute approximate surface area is 236 Å². The standard InChI is InChI=1S/C31H33FN2O7/c1-15(35)23-28(38)26(34(2)3)21-12-19-11-18-10-17(20-7-5-4-6-16(20)14-33-9-8-32)13-22(36)24(18)27(37)25(19)30(40)31(21,41)29(23)39/h4-7,10,13,19,21,26,33,36-37,39,41H,8-9,11-12,14H2,1-3H3/t19-,21-,26-,31+/m0/s1. The highest BCUT2D eigenvalue weighted by Crippen LogP contribution is 2.53. The predicted octanol–water partition coefficient (Wildman–Crippen LogP) is 2.79. The Morgan fingerprint density at radius 3 is 2.51 bits per heavy atom. The lowest BCUT2D eigenvalue weighted by atomic mass is 9.57. The topological polar surface area (TPSA) is 147 Å². The van der Waals surface area contributed by atoms with E-state index < -0.39 is 64.6 Å². The summed E-state index contributed by atoms with van der Waals surface area (Å²) in [5, 5.41) is 48.2. The minimum Gasteiger partial charge on any atom is -0.508 e. The second kappa shape index (κ2) is 10.5. The summed E-state index contributed by atoms with van der Waals surface area (Å²) in [6.45, 7) is 1.18. The molecule has 0 bridgehead atoms. The van der Waals surface area contributed by atoms with Crippen LogP contribution in [0, 0.1) is 11.8 Å². The van der Waals surface area contributed by atoms with Crippen molar-refractivity contribution in [2.45, 2.75) is 38.0 Å². The van der Waals surface area contributed by atoms with Crippen LogP contribution in [-0.2, 0) is 27.3 Å². The monoisotopic (exact) mass is 564 g/mol. The van der Waals surface area contributed by atoms with Crippen LogP contribution in [0.2, 0.25) is 0 Å². The molecule has 216 valence electrons. The maximum atomic E-state index is 13.9. The van der Waals surface area contributed by atoms with Gasteiger partial charge in [-0.1, -0.05) is 30.3 Å². The number of aromatic hydroxyl groups is 1. The molecule has 3 aliphatic carbocycles. The van der Waals surface area contributed by atoms with Crippen molar-refractivity contribution >= 4 is 23.1 Å². The Hall–Kier alpha value is -3.86. The van der Waals surface area contributed by atoms with E-state index in [1.807, 2.05) is 30.3 Å². The number of likely N-dealkylation sites (N-methyl/N-ethyl adjacent to an activating group) is 1. The molecular weight excluding hydrogens is 531 g/mol. The van der Waals surface area contributed by atoms with Crippen LogP contribution in [0.4, 0.5) is 4.39 Å². The molecule has 0 aliphatic heterocycles. The van der Waals surface area contributed by atoms with Crippen LogP contribution < -0.4 is 5.32 Å². The second-order valence-electron chi connectivity index (χ2n) is 11.2. The number of aliphatic hydroxyl groups is 3. The normalized spacial score (nSPS) is 25.8. The van der Waals surface area contributed by atoms with Gasteiger partial charge in [-0.2, -0.15) is 0 Å². The molecule has 5 N–H and O–H groups in total. The van der Waals surface area contributed by atoms with Gasteiger partial charge in [-0.25, -0.2) is 4.39 Å². The van der Waals surface area contributed by atoms with Gasteiger partial charge in [0.1, 0.15) is 29.5 Å². The summed E-state index contributed by atoms with van der Waals surface area (Å²) < 4.78 is 12.6. The van der Waals surface area contributed by atoms with E-state index >= 15 is 0 Å². The molecule has 10 heteroatoms. The summed E-state index contributed by atoms with van der Waals surface area (Å²) in [4.78, 5) is 41.1. The summed E-state index contributed by atoms with van der Waals surface area (Å²) in [6.07, 6.45) is 0.273. The van der Waals surface area contributed by atoms with Gasteiger partial charge in [-0.15, -0.1) is 0 Å². The Morgan fingerprint density at radius 1 is 1.15 bits per heavy atom. The van der Waals surface area contributed by atoms with Crippen LogP contribution in [0.5, 0.6) is 5.75 Å². The summed E-state index contributed by atoms with van der Waals surface area (Å²) in [5.41, 5.74) is -0.403. The highest BCUT2D eigenvalue weighted by Gasteiger charge is 2.63. The van der Waals surface area contributed by atoms with Crippen LogP contribution in [0.3, 0.4) is 0 Å². The summed E-state index contributed by atoms with van der Waals surface area (Å²) in [7, 11) is 3.19. The molecule has 41 heavy (non-hydrogen) atoms. The molecule has 0 spiro atoms. The van der Waals surface area contributed by atoms with E-state index in [2.05, 4.69) is 5.32 Å². The van der Waals surface area contributed by atoms with E-state index in [4.69, 9.17) is 0 Å². The van der Waals surface area contributed by atoms with Gasteiger partial charge in [-0.05, 0) is 68.1 Å². The fourth-order valence-electron chi connectivity index (χ4n) is 6.77. The number of rotatable bonds is 7. The third kappa shape index (κ3) is 4.37. The van der Waals surface area contributed by atoms with Crippen LogP contribution in [-0.4, -0.2) is 81.6 Å². The molecule has 1 saturated carbocycles. The van der Waals surface area contributed by atoms with Crippen molar-refractivity contribution in [1.29, 1.82) is 0 Å². The molecule has 0 radical (unpaired) electrons. The number of alkyl halides is 1. The van der Waals surface area contributed by atoms with Gasteiger partial charge in [0.25, 0.3) is 0 Å². The number of aliphatic hydroxyl groups excluding tert-OH is 2. The molecule has 3 aliphatic rings. The first-order valence-electron chi connectivity index (χ1n) is 13.5. The quantitative estimate of drug-likeness (QED) is 0.253. The van der Waals surface area contributed by atoms with E-state index in [1.165, 1.54) is 11.0 Å². The largest absolute Gasteiger partial charge is 0.508 e. The van der Waals surface area contributed by atoms with E-state index in [9.17, 15) is 39.2 Å². The lowest BCUT2D eigenvalue weighted by molar-refractivity contribution is -0.153. The molecule has 9 nitrogen and oxygen atoms in total. The number of hydrogen-bond donors (Lipinski definition) is 5. The van der Waals surface area contributed by atoms with Gasteiger partial charge in [-0.3, -0.25) is 19.3 Å². The maximum absolute atomic E-state index is 13.9. The summed E-state index contributed by atoms with van der Waals surface area (Å²) in [5.74, 6) is -5.93. The van der Waals surface area contributed by atoms with Crippen molar-refractivity contribution in [2.75, 3.05) is 27.3 Å². The minimum atomic E-state index is -2.59. The number of fused-ring (bicyclic) bond motifs is 3. The molecule has 1 fully saturated rings. The first-order chi connectivity index (χ1) is 19.4. The van der Waals surface area contributed by atoms with E-state index in [-0.39, 0.29) is 36.3 Å². The number of benzene rings is 2. The van der Waals surface area contributed by atoms with Crippen molar-refractivity contribution < 1.29 is 39.2 Å². The molecule has 4 atom stereocenters. The molecule has 0 saturated heterocycles. The van der Waals surface area contributed by atoms with Gasteiger partial charge in [0.2, 0.25) is 5.78 Å². The average Bonchev–Trinajstić information content (AvgIpc) is 2.90. The number of carbonyl (C=O) groups excluding carboxylic acids is 3. The Bertz CT molecular complexity index is 1530. The minimum absolute atomic E-state index is 0.0507. The number of halogens is 1. The number of Topliss-reactive ketones (excluding diaryl/α,β-unsaturated/α-hetero) is 3. The lowest BCUT2D eigenvalue weighted by Gasteiger charge is -2.50. The third-order valence-electron chi connectivity index (χ3n) is 8.55. The summed E-state index contributed by atoms with van der Waals surface area (Å²) >= 11 is 0. The number of nitrogens with zero attached hydrogens (tertiary/aromatic N) is 1. The van der Waals surface area contributed by atoms with Crippen molar-refractivity contribution in [3.63, 3.8) is 0 Å². The maximum Gasteiger partial charge on any atom is 0.202 e. The number of carbonyl (C=O) groups is 3. The Kier molecular flexibility index (Phi) is 7.35. The van der Waals surface area contributed by atoms with Crippen LogP contribution >= 0.6 is 0 Å². The number of nitrogens with one attached hydrogen (secondary N) is 1. The zero-order valence-corrected chi connectivity index (χ0v) is 23.1. The van der Waals surface area contributed by atoms with Crippen molar-refractivity contribution in [3.8, 4) is 16.9 Å². The predicted molar refractivity (Wildman–Crippen MR) is 149 cm³/mol. The zero-order valence-electron chi connectivity index (χ0n) is 23.1. The average molecular weight is 565 g/mol. The van der Waals surface area contributed by atoms with Crippen molar-refractivity contribution in [1.82, 2.24) is 10.2 Å². The molecule has 2 aromatic rings. The van der Waals surface area contributed by atoms with Gasteiger partial charge >= 0.3 is 0 Å². The number of phenols is 1. The first-order valence-corrected chi connectivity index (χ1v) is 13.5. The van der Waals surface area contributed by atoms with Gasteiger partial charge in [0, 0.05) is 24.6 Å².